The lowest BCUT2D eigenvalue weighted by atomic mass is 9.89. The highest BCUT2D eigenvalue weighted by Gasteiger charge is 2.31. The largest absolute Gasteiger partial charge is 0.481 e. The van der Waals surface area contributed by atoms with Gasteiger partial charge in [0.15, 0.2) is 0 Å². The molecule has 6 nitrogen and oxygen atoms in total. The number of carbonyl (C=O) groups excluding carboxylic acids is 1. The van der Waals surface area contributed by atoms with Gasteiger partial charge in [-0.25, -0.2) is 0 Å². The maximum absolute atomic E-state index is 11.4. The van der Waals surface area contributed by atoms with E-state index < -0.39 is 17.9 Å². The molecule has 1 fully saturated rings. The van der Waals surface area contributed by atoms with Gasteiger partial charge in [-0.05, 0) is 19.8 Å². The molecule has 0 aromatic carbocycles. The molecule has 0 radical (unpaired) electrons. The van der Waals surface area contributed by atoms with Gasteiger partial charge >= 0.3 is 5.97 Å². The van der Waals surface area contributed by atoms with Crippen LogP contribution >= 0.6 is 0 Å². The van der Waals surface area contributed by atoms with Gasteiger partial charge in [0.05, 0.1) is 18.6 Å². The number of nitrogens with one attached hydrogen (secondary N) is 1. The van der Waals surface area contributed by atoms with Crippen LogP contribution in [0, 0.1) is 0 Å². The molecule has 1 unspecified atom stereocenters. The van der Waals surface area contributed by atoms with E-state index in [2.05, 4.69) is 5.32 Å². The average Bonchev–Trinajstić information content (AvgIpc) is 2.13. The molecule has 1 amide bonds. The van der Waals surface area contributed by atoms with Crippen LogP contribution in [0.2, 0.25) is 0 Å². The van der Waals surface area contributed by atoms with Crippen LogP contribution in [-0.4, -0.2) is 41.8 Å². The highest BCUT2D eigenvalue weighted by molar-refractivity contribution is 5.86. The molecule has 4 N–H and O–H groups in total. The van der Waals surface area contributed by atoms with Gasteiger partial charge in [-0.2, -0.15) is 0 Å². The Morgan fingerprint density at radius 3 is 2.69 bits per heavy atom. The van der Waals surface area contributed by atoms with E-state index in [1.807, 2.05) is 6.92 Å². The Balaban J connectivity index is 2.18. The van der Waals surface area contributed by atoms with Crippen LogP contribution in [-0.2, 0) is 14.3 Å². The van der Waals surface area contributed by atoms with Gasteiger partial charge in [-0.1, -0.05) is 0 Å². The second kappa shape index (κ2) is 5.81. The third-order valence-electron chi connectivity index (χ3n) is 2.57. The lowest BCUT2D eigenvalue weighted by Gasteiger charge is -2.35. The number of aliphatic carboxylic acids is 1. The van der Waals surface area contributed by atoms with Crippen molar-refractivity contribution < 1.29 is 19.4 Å². The Hall–Kier alpha value is -1.14. The second-order valence-electron chi connectivity index (χ2n) is 3.96. The van der Waals surface area contributed by atoms with E-state index >= 15 is 0 Å². The summed E-state index contributed by atoms with van der Waals surface area (Å²) in [5.41, 5.74) is 5.41. The van der Waals surface area contributed by atoms with Crippen molar-refractivity contribution in [3.63, 3.8) is 0 Å². The zero-order chi connectivity index (χ0) is 12.1. The number of carboxylic acid groups (broad SMARTS) is 1. The SMILES string of the molecule is CCOC1CC(NC(=O)C(N)CC(=O)O)C1. The van der Waals surface area contributed by atoms with Gasteiger partial charge in [0.25, 0.3) is 0 Å². The maximum atomic E-state index is 11.4. The predicted molar refractivity (Wildman–Crippen MR) is 56.8 cm³/mol. The molecule has 0 aromatic heterocycles. The van der Waals surface area contributed by atoms with E-state index in [1.54, 1.807) is 0 Å². The number of hydrogen-bond donors (Lipinski definition) is 3. The Bertz CT molecular complexity index is 264. The minimum atomic E-state index is -1.07. The standard InChI is InChI=1S/C10H18N2O4/c1-2-16-7-3-6(4-7)12-10(15)8(11)5-9(13)14/h6-8H,2-5,11H2,1H3,(H,12,15)(H,13,14). The van der Waals surface area contributed by atoms with Crippen molar-refractivity contribution in [2.24, 2.45) is 5.73 Å². The normalized spacial score (nSPS) is 25.6. The summed E-state index contributed by atoms with van der Waals surface area (Å²) in [4.78, 5) is 21.7. The number of ether oxygens (including phenoxy) is 1. The Kier molecular flexibility index (Phi) is 4.70. The van der Waals surface area contributed by atoms with Crippen molar-refractivity contribution in [3.8, 4) is 0 Å². The topological polar surface area (TPSA) is 102 Å². The first-order valence-corrected chi connectivity index (χ1v) is 5.42. The number of amides is 1. The summed E-state index contributed by atoms with van der Waals surface area (Å²) in [6.07, 6.45) is 1.43. The molecule has 1 rings (SSSR count). The quantitative estimate of drug-likeness (QED) is 0.569. The number of carbonyl (C=O) groups is 2. The summed E-state index contributed by atoms with van der Waals surface area (Å²) in [6, 6.07) is -0.896. The van der Waals surface area contributed by atoms with Gasteiger partial charge in [0.2, 0.25) is 5.91 Å². The molecule has 1 aliphatic carbocycles. The summed E-state index contributed by atoms with van der Waals surface area (Å²) >= 11 is 0. The lowest BCUT2D eigenvalue weighted by Crippen LogP contribution is -2.52. The first kappa shape index (κ1) is 12.9. The van der Waals surface area contributed by atoms with Crippen LogP contribution in [0.5, 0.6) is 0 Å². The molecular formula is C10H18N2O4. The van der Waals surface area contributed by atoms with E-state index in [0.717, 1.165) is 12.8 Å². The number of rotatable bonds is 6. The maximum Gasteiger partial charge on any atom is 0.305 e. The Morgan fingerprint density at radius 1 is 1.56 bits per heavy atom. The molecule has 0 aliphatic heterocycles. The van der Waals surface area contributed by atoms with E-state index in [4.69, 9.17) is 15.6 Å². The minimum absolute atomic E-state index is 0.0731. The molecule has 0 heterocycles. The van der Waals surface area contributed by atoms with Gasteiger partial charge in [-0.3, -0.25) is 9.59 Å². The van der Waals surface area contributed by atoms with E-state index in [1.165, 1.54) is 0 Å². The molecule has 92 valence electrons. The molecule has 16 heavy (non-hydrogen) atoms. The molecule has 0 saturated heterocycles. The third-order valence-corrected chi connectivity index (χ3v) is 2.57. The fourth-order valence-corrected chi connectivity index (χ4v) is 1.64. The summed E-state index contributed by atoms with van der Waals surface area (Å²) in [5.74, 6) is -1.47. The van der Waals surface area contributed by atoms with Gasteiger partial charge in [0, 0.05) is 12.6 Å². The van der Waals surface area contributed by atoms with Gasteiger partial charge < -0.3 is 20.9 Å². The molecule has 0 aromatic rings. The smallest absolute Gasteiger partial charge is 0.305 e. The van der Waals surface area contributed by atoms with Crippen molar-refractivity contribution in [1.82, 2.24) is 5.32 Å². The molecule has 1 aliphatic rings. The monoisotopic (exact) mass is 230 g/mol. The zero-order valence-electron chi connectivity index (χ0n) is 9.31. The molecule has 1 atom stereocenters. The van der Waals surface area contributed by atoms with Gasteiger partial charge in [-0.15, -0.1) is 0 Å². The molecule has 6 heteroatoms. The van der Waals surface area contributed by atoms with Crippen molar-refractivity contribution in [2.45, 2.75) is 44.4 Å². The molecule has 1 saturated carbocycles. The Morgan fingerprint density at radius 2 is 2.19 bits per heavy atom. The number of nitrogens with two attached hydrogens (primary N) is 1. The molecule has 0 bridgehead atoms. The van der Waals surface area contributed by atoms with Gasteiger partial charge in [0.1, 0.15) is 0 Å². The second-order valence-corrected chi connectivity index (χ2v) is 3.96. The fraction of sp³-hybridized carbons (Fsp3) is 0.800. The van der Waals surface area contributed by atoms with Crippen LogP contribution in [0.25, 0.3) is 0 Å². The summed E-state index contributed by atoms with van der Waals surface area (Å²) in [7, 11) is 0. The highest BCUT2D eigenvalue weighted by Crippen LogP contribution is 2.23. The summed E-state index contributed by atoms with van der Waals surface area (Å²) < 4.78 is 5.34. The van der Waals surface area contributed by atoms with E-state index in [0.29, 0.717) is 6.61 Å². The van der Waals surface area contributed by atoms with Crippen LogP contribution in [0.4, 0.5) is 0 Å². The van der Waals surface area contributed by atoms with Crippen LogP contribution in [0.3, 0.4) is 0 Å². The van der Waals surface area contributed by atoms with Crippen molar-refractivity contribution in [1.29, 1.82) is 0 Å². The zero-order valence-corrected chi connectivity index (χ0v) is 9.31. The first-order chi connectivity index (χ1) is 7.52. The lowest BCUT2D eigenvalue weighted by molar-refractivity contribution is -0.139. The van der Waals surface area contributed by atoms with E-state index in [-0.39, 0.29) is 18.6 Å². The van der Waals surface area contributed by atoms with E-state index in [9.17, 15) is 9.59 Å². The van der Waals surface area contributed by atoms with Crippen LogP contribution in [0.1, 0.15) is 26.2 Å². The third kappa shape index (κ3) is 3.79. The first-order valence-electron chi connectivity index (χ1n) is 5.42. The average molecular weight is 230 g/mol. The summed E-state index contributed by atoms with van der Waals surface area (Å²) in [6.45, 7) is 2.60. The Labute approximate surface area is 94.1 Å². The highest BCUT2D eigenvalue weighted by atomic mass is 16.5. The predicted octanol–water partition coefficient (Wildman–Crippen LogP) is -0.528. The number of carboxylic acids is 1. The summed E-state index contributed by atoms with van der Waals surface area (Å²) in [5, 5.41) is 11.2. The molecule has 0 spiro atoms. The van der Waals surface area contributed by atoms with Crippen LogP contribution < -0.4 is 11.1 Å². The number of hydrogen-bond acceptors (Lipinski definition) is 4. The molecular weight excluding hydrogens is 212 g/mol. The van der Waals surface area contributed by atoms with Crippen molar-refractivity contribution in [3.05, 3.63) is 0 Å². The fourth-order valence-electron chi connectivity index (χ4n) is 1.64. The van der Waals surface area contributed by atoms with Crippen molar-refractivity contribution in [2.75, 3.05) is 6.61 Å². The minimum Gasteiger partial charge on any atom is -0.481 e. The van der Waals surface area contributed by atoms with Crippen molar-refractivity contribution >= 4 is 11.9 Å². The van der Waals surface area contributed by atoms with Crippen LogP contribution in [0.15, 0.2) is 0 Å².